The molecule has 1 aromatic heterocycles. The van der Waals surface area contributed by atoms with E-state index in [-0.39, 0.29) is 5.56 Å². The van der Waals surface area contributed by atoms with Gasteiger partial charge in [-0.3, -0.25) is 4.79 Å². The SMILES string of the molecule is O=c1c(-c2ccccc2C[NH+]2CCOCC2)ccc2n1C[C@H]1C[C@@H]2C[NH+](C2CCOCC2)C1. The molecule has 0 spiro atoms. The molecule has 2 N–H and O–H groups in total. The van der Waals surface area contributed by atoms with Gasteiger partial charge in [0, 0.05) is 48.0 Å². The Balaban J connectivity index is 1.28. The third-order valence-corrected chi connectivity index (χ3v) is 8.49. The molecule has 2 aromatic rings. The van der Waals surface area contributed by atoms with Gasteiger partial charge in [0.1, 0.15) is 19.6 Å². The van der Waals surface area contributed by atoms with Crippen LogP contribution in [0.2, 0.25) is 0 Å². The topological polar surface area (TPSA) is 49.3 Å². The average molecular weight is 452 g/mol. The van der Waals surface area contributed by atoms with E-state index in [2.05, 4.69) is 41.0 Å². The van der Waals surface area contributed by atoms with Crippen LogP contribution < -0.4 is 15.4 Å². The van der Waals surface area contributed by atoms with Gasteiger partial charge in [0.05, 0.1) is 45.6 Å². The summed E-state index contributed by atoms with van der Waals surface area (Å²) < 4.78 is 13.3. The maximum atomic E-state index is 13.8. The van der Waals surface area contributed by atoms with Crippen molar-refractivity contribution in [3.05, 3.63) is 58.0 Å². The highest BCUT2D eigenvalue weighted by atomic mass is 16.5. The van der Waals surface area contributed by atoms with Crippen LogP contribution in [0.3, 0.4) is 0 Å². The zero-order valence-electron chi connectivity index (χ0n) is 19.6. The van der Waals surface area contributed by atoms with Crippen molar-refractivity contribution in [3.8, 4) is 11.1 Å². The lowest BCUT2D eigenvalue weighted by Crippen LogP contribution is -3.18. The third kappa shape index (κ3) is 4.30. The van der Waals surface area contributed by atoms with Crippen LogP contribution in [0.4, 0.5) is 0 Å². The maximum Gasteiger partial charge on any atom is 0.258 e. The second-order valence-electron chi connectivity index (χ2n) is 10.5. The lowest BCUT2D eigenvalue weighted by molar-refractivity contribution is -0.937. The average Bonchev–Trinajstić information content (AvgIpc) is 2.86. The summed E-state index contributed by atoms with van der Waals surface area (Å²) in [6.07, 6.45) is 3.60. The van der Waals surface area contributed by atoms with E-state index < -0.39 is 0 Å². The maximum absolute atomic E-state index is 13.8. The van der Waals surface area contributed by atoms with Crippen LogP contribution in [-0.2, 0) is 22.6 Å². The van der Waals surface area contributed by atoms with Gasteiger partial charge in [0.25, 0.3) is 5.56 Å². The van der Waals surface area contributed by atoms with E-state index in [1.165, 1.54) is 42.0 Å². The van der Waals surface area contributed by atoms with E-state index in [0.29, 0.717) is 11.8 Å². The van der Waals surface area contributed by atoms with Crippen molar-refractivity contribution in [2.24, 2.45) is 5.92 Å². The van der Waals surface area contributed by atoms with Crippen molar-refractivity contribution in [1.29, 1.82) is 0 Å². The van der Waals surface area contributed by atoms with Gasteiger partial charge < -0.3 is 23.8 Å². The Labute approximate surface area is 196 Å². The van der Waals surface area contributed by atoms with E-state index in [1.54, 1.807) is 4.90 Å². The number of aromatic nitrogens is 1. The highest BCUT2D eigenvalue weighted by Crippen LogP contribution is 2.32. The standard InChI is InChI=1S/C27H35N3O3/c31-27-25(24-4-2-1-3-21(24)18-28-9-13-33-14-10-28)5-6-26-22-15-20(17-30(26)27)16-29(19-22)23-7-11-32-12-8-23/h1-6,20,22-23H,7-19H2/p+2/t20-,22+/m0/s1. The van der Waals surface area contributed by atoms with Gasteiger partial charge in [-0.25, -0.2) is 0 Å². The number of morpholine rings is 1. The predicted molar refractivity (Wildman–Crippen MR) is 127 cm³/mol. The summed E-state index contributed by atoms with van der Waals surface area (Å²) in [7, 11) is 0. The Bertz CT molecular complexity index is 1040. The number of piperidine rings is 1. The Morgan fingerprint density at radius 3 is 2.55 bits per heavy atom. The molecule has 6 nitrogen and oxygen atoms in total. The highest BCUT2D eigenvalue weighted by Gasteiger charge is 2.40. The van der Waals surface area contributed by atoms with Crippen LogP contribution in [0.1, 0.15) is 36.4 Å². The molecule has 0 saturated carbocycles. The second kappa shape index (κ2) is 9.34. The number of hydrogen-bond acceptors (Lipinski definition) is 3. The molecule has 3 atom stereocenters. The molecular formula is C27H37N3O3+2. The quantitative estimate of drug-likeness (QED) is 0.694. The summed E-state index contributed by atoms with van der Waals surface area (Å²) in [5.74, 6) is 1.11. The van der Waals surface area contributed by atoms with Crippen molar-refractivity contribution in [2.75, 3.05) is 52.6 Å². The number of benzene rings is 1. The normalized spacial score (nSPS) is 28.4. The molecular weight excluding hydrogens is 414 g/mol. The first-order valence-corrected chi connectivity index (χ1v) is 12.9. The summed E-state index contributed by atoms with van der Waals surface area (Å²) in [6.45, 7) is 9.74. The largest absolute Gasteiger partial charge is 0.381 e. The second-order valence-corrected chi connectivity index (χ2v) is 10.5. The van der Waals surface area contributed by atoms with Crippen LogP contribution >= 0.6 is 0 Å². The molecule has 0 amide bonds. The number of ether oxygens (including phenoxy) is 2. The van der Waals surface area contributed by atoms with Gasteiger partial charge in [-0.2, -0.15) is 0 Å². The summed E-state index contributed by atoms with van der Waals surface area (Å²) in [4.78, 5) is 17.1. The summed E-state index contributed by atoms with van der Waals surface area (Å²) >= 11 is 0. The highest BCUT2D eigenvalue weighted by molar-refractivity contribution is 5.66. The number of hydrogen-bond donors (Lipinski definition) is 2. The smallest absolute Gasteiger partial charge is 0.258 e. The molecule has 0 radical (unpaired) electrons. The zero-order chi connectivity index (χ0) is 22.2. The lowest BCUT2D eigenvalue weighted by atomic mass is 9.81. The summed E-state index contributed by atoms with van der Waals surface area (Å²) in [6, 6.07) is 13.6. The summed E-state index contributed by atoms with van der Waals surface area (Å²) in [5, 5.41) is 0. The molecule has 4 aliphatic rings. The Kier molecular flexibility index (Phi) is 6.09. The monoisotopic (exact) mass is 451 g/mol. The molecule has 2 bridgehead atoms. The summed E-state index contributed by atoms with van der Waals surface area (Å²) in [5.41, 5.74) is 4.73. The number of likely N-dealkylation sites (tertiary alicyclic amines) is 1. The molecule has 1 unspecified atom stereocenters. The first-order valence-electron chi connectivity index (χ1n) is 12.9. The van der Waals surface area contributed by atoms with Crippen molar-refractivity contribution in [3.63, 3.8) is 0 Å². The molecule has 6 heteroatoms. The van der Waals surface area contributed by atoms with Gasteiger partial charge in [-0.05, 0) is 24.1 Å². The molecule has 0 aliphatic carbocycles. The minimum absolute atomic E-state index is 0.209. The number of rotatable bonds is 4. The number of nitrogens with zero attached hydrogens (tertiary/aromatic N) is 1. The van der Waals surface area contributed by atoms with Crippen molar-refractivity contribution in [1.82, 2.24) is 4.57 Å². The van der Waals surface area contributed by atoms with Crippen molar-refractivity contribution < 1.29 is 19.3 Å². The van der Waals surface area contributed by atoms with Crippen LogP contribution in [0.15, 0.2) is 41.2 Å². The Morgan fingerprint density at radius 1 is 0.909 bits per heavy atom. The number of fused-ring (bicyclic) bond motifs is 4. The zero-order valence-corrected chi connectivity index (χ0v) is 19.6. The van der Waals surface area contributed by atoms with E-state index in [4.69, 9.17) is 9.47 Å². The van der Waals surface area contributed by atoms with E-state index in [1.807, 2.05) is 0 Å². The van der Waals surface area contributed by atoms with Crippen molar-refractivity contribution in [2.45, 2.75) is 44.3 Å². The van der Waals surface area contributed by atoms with Crippen LogP contribution in [0.25, 0.3) is 11.1 Å². The molecule has 6 rings (SSSR count). The Hall–Kier alpha value is -1.99. The fraction of sp³-hybridized carbons (Fsp3) is 0.593. The Morgan fingerprint density at radius 2 is 1.70 bits per heavy atom. The van der Waals surface area contributed by atoms with E-state index in [0.717, 1.165) is 76.3 Å². The van der Waals surface area contributed by atoms with Crippen LogP contribution in [0, 0.1) is 5.92 Å². The molecule has 5 heterocycles. The number of quaternary nitrogens is 2. The van der Waals surface area contributed by atoms with E-state index >= 15 is 0 Å². The van der Waals surface area contributed by atoms with Gasteiger partial charge in [-0.1, -0.05) is 24.3 Å². The van der Waals surface area contributed by atoms with Crippen molar-refractivity contribution >= 4 is 0 Å². The van der Waals surface area contributed by atoms with Gasteiger partial charge >= 0.3 is 0 Å². The minimum atomic E-state index is 0.209. The molecule has 1 aromatic carbocycles. The van der Waals surface area contributed by atoms with Gasteiger partial charge in [0.15, 0.2) is 0 Å². The fourth-order valence-corrected chi connectivity index (χ4v) is 6.79. The molecule has 33 heavy (non-hydrogen) atoms. The van der Waals surface area contributed by atoms with Crippen LogP contribution in [0.5, 0.6) is 0 Å². The van der Waals surface area contributed by atoms with Gasteiger partial charge in [0.2, 0.25) is 0 Å². The minimum Gasteiger partial charge on any atom is -0.381 e. The molecule has 176 valence electrons. The molecule has 3 saturated heterocycles. The predicted octanol–water partition coefficient (Wildman–Crippen LogP) is 0.111. The van der Waals surface area contributed by atoms with Gasteiger partial charge in [-0.15, -0.1) is 0 Å². The van der Waals surface area contributed by atoms with E-state index in [9.17, 15) is 4.79 Å². The number of pyridine rings is 1. The first kappa shape index (κ1) is 21.5. The first-order chi connectivity index (χ1) is 16.3. The third-order valence-electron chi connectivity index (χ3n) is 8.49. The lowest BCUT2D eigenvalue weighted by Gasteiger charge is -2.44. The molecule has 4 aliphatic heterocycles. The fourth-order valence-electron chi connectivity index (χ4n) is 6.79. The number of nitrogens with one attached hydrogen (secondary N) is 2. The van der Waals surface area contributed by atoms with Crippen LogP contribution in [-0.4, -0.2) is 63.2 Å². The molecule has 3 fully saturated rings.